The summed E-state index contributed by atoms with van der Waals surface area (Å²) in [7, 11) is 0. The Morgan fingerprint density at radius 2 is 1.33 bits per heavy atom. The number of rotatable bonds is 7. The first-order chi connectivity index (χ1) is 10.3. The smallest absolute Gasteiger partial charge is 0.0606 e. The highest BCUT2D eigenvalue weighted by atomic mass is 16.3. The largest absolute Gasteiger partial charge is 0.395 e. The molecule has 0 aliphatic carbocycles. The second kappa shape index (κ2) is 8.19. The predicted molar refractivity (Wildman–Crippen MR) is 86.0 cm³/mol. The van der Waals surface area contributed by atoms with Gasteiger partial charge in [-0.2, -0.15) is 0 Å². The van der Waals surface area contributed by atoms with E-state index < -0.39 is 0 Å². The summed E-state index contributed by atoms with van der Waals surface area (Å²) in [5.74, 6) is 0. The predicted octanol–water partition coefficient (Wildman–Crippen LogP) is 2.04. The molecule has 4 nitrogen and oxygen atoms in total. The van der Waals surface area contributed by atoms with Gasteiger partial charge < -0.3 is 15.1 Å². The lowest BCUT2D eigenvalue weighted by Gasteiger charge is -2.22. The van der Waals surface area contributed by atoms with Crippen LogP contribution in [-0.2, 0) is 0 Å². The molecule has 0 fully saturated rings. The molecule has 2 N–H and O–H groups in total. The number of benzene rings is 1. The molecule has 1 heterocycles. The molecule has 0 saturated heterocycles. The van der Waals surface area contributed by atoms with Crippen LogP contribution >= 0.6 is 0 Å². The summed E-state index contributed by atoms with van der Waals surface area (Å²) >= 11 is 0. The summed E-state index contributed by atoms with van der Waals surface area (Å²) in [6.07, 6.45) is 7.62. The van der Waals surface area contributed by atoms with Crippen molar-refractivity contribution in [1.29, 1.82) is 0 Å². The van der Waals surface area contributed by atoms with Gasteiger partial charge in [-0.1, -0.05) is 24.3 Å². The lowest BCUT2D eigenvalue weighted by molar-refractivity contribution is 0.281. The van der Waals surface area contributed by atoms with E-state index in [1.54, 1.807) is 12.4 Å². The third kappa shape index (κ3) is 4.70. The summed E-state index contributed by atoms with van der Waals surface area (Å²) in [4.78, 5) is 5.94. The van der Waals surface area contributed by atoms with Crippen LogP contribution in [0, 0.1) is 0 Å². The van der Waals surface area contributed by atoms with Gasteiger partial charge in [0.1, 0.15) is 0 Å². The van der Waals surface area contributed by atoms with Crippen molar-refractivity contribution in [2.45, 2.75) is 0 Å². The van der Waals surface area contributed by atoms with Crippen molar-refractivity contribution >= 4 is 17.8 Å². The fraction of sp³-hybridized carbons (Fsp3) is 0.235. The van der Waals surface area contributed by atoms with Crippen LogP contribution < -0.4 is 4.90 Å². The average Bonchev–Trinajstić information content (AvgIpc) is 2.54. The second-order valence-corrected chi connectivity index (χ2v) is 4.64. The molecule has 2 rings (SSSR count). The van der Waals surface area contributed by atoms with Crippen molar-refractivity contribution in [3.05, 3.63) is 59.9 Å². The first-order valence-corrected chi connectivity index (χ1v) is 6.98. The summed E-state index contributed by atoms with van der Waals surface area (Å²) in [6.45, 7) is 1.19. The molecule has 0 radical (unpaired) electrons. The molecule has 0 unspecified atom stereocenters. The third-order valence-corrected chi connectivity index (χ3v) is 3.17. The minimum atomic E-state index is 0.0731. The van der Waals surface area contributed by atoms with Crippen molar-refractivity contribution in [3.63, 3.8) is 0 Å². The SMILES string of the molecule is OCCN(CCO)c1ccc(C=Cc2ccncc2)cc1. The van der Waals surface area contributed by atoms with Crippen LogP contribution in [0.5, 0.6) is 0 Å². The Hall–Kier alpha value is -2.17. The number of hydrogen-bond donors (Lipinski definition) is 2. The van der Waals surface area contributed by atoms with Gasteiger partial charge in [-0.05, 0) is 35.4 Å². The molecule has 0 bridgehead atoms. The molecule has 0 aliphatic rings. The zero-order chi connectivity index (χ0) is 14.9. The molecule has 0 amide bonds. The van der Waals surface area contributed by atoms with E-state index in [-0.39, 0.29) is 13.2 Å². The van der Waals surface area contributed by atoms with Crippen LogP contribution in [0.2, 0.25) is 0 Å². The third-order valence-electron chi connectivity index (χ3n) is 3.17. The minimum Gasteiger partial charge on any atom is -0.395 e. The fourth-order valence-corrected chi connectivity index (χ4v) is 2.07. The normalized spacial score (nSPS) is 11.0. The van der Waals surface area contributed by atoms with Crippen LogP contribution in [0.4, 0.5) is 5.69 Å². The van der Waals surface area contributed by atoms with E-state index in [0.717, 1.165) is 16.8 Å². The maximum absolute atomic E-state index is 9.05. The van der Waals surface area contributed by atoms with Gasteiger partial charge in [0, 0.05) is 31.2 Å². The highest BCUT2D eigenvalue weighted by Gasteiger charge is 2.04. The number of hydrogen-bond acceptors (Lipinski definition) is 4. The molecular formula is C17H20N2O2. The Morgan fingerprint density at radius 1 is 0.810 bits per heavy atom. The van der Waals surface area contributed by atoms with Gasteiger partial charge in [-0.15, -0.1) is 0 Å². The molecule has 1 aromatic heterocycles. The van der Waals surface area contributed by atoms with Crippen LogP contribution in [0.1, 0.15) is 11.1 Å². The van der Waals surface area contributed by atoms with Crippen LogP contribution in [-0.4, -0.2) is 41.5 Å². The molecule has 0 spiro atoms. The molecule has 0 saturated carbocycles. The maximum Gasteiger partial charge on any atom is 0.0606 e. The van der Waals surface area contributed by atoms with Gasteiger partial charge in [0.05, 0.1) is 13.2 Å². The maximum atomic E-state index is 9.05. The standard InChI is InChI=1S/C17H20N2O2/c20-13-11-19(12-14-21)17-5-3-15(4-6-17)1-2-16-7-9-18-10-8-16/h1-10,20-21H,11-14H2. The zero-order valence-electron chi connectivity index (χ0n) is 11.9. The quantitative estimate of drug-likeness (QED) is 0.817. The van der Waals surface area contributed by atoms with Gasteiger partial charge >= 0.3 is 0 Å². The summed E-state index contributed by atoms with van der Waals surface area (Å²) in [6, 6.07) is 11.9. The van der Waals surface area contributed by atoms with E-state index in [1.807, 2.05) is 53.5 Å². The molecule has 21 heavy (non-hydrogen) atoms. The molecular weight excluding hydrogens is 264 g/mol. The number of anilines is 1. The monoisotopic (exact) mass is 284 g/mol. The van der Waals surface area contributed by atoms with Crippen molar-refractivity contribution in [2.24, 2.45) is 0 Å². The lowest BCUT2D eigenvalue weighted by atomic mass is 10.1. The van der Waals surface area contributed by atoms with Crippen molar-refractivity contribution in [3.8, 4) is 0 Å². The van der Waals surface area contributed by atoms with E-state index in [9.17, 15) is 0 Å². The Morgan fingerprint density at radius 3 is 1.86 bits per heavy atom. The van der Waals surface area contributed by atoms with Gasteiger partial charge in [-0.3, -0.25) is 4.98 Å². The van der Waals surface area contributed by atoms with Crippen LogP contribution in [0.25, 0.3) is 12.2 Å². The highest BCUT2D eigenvalue weighted by Crippen LogP contribution is 2.16. The van der Waals surface area contributed by atoms with Crippen molar-refractivity contribution in [2.75, 3.05) is 31.2 Å². The zero-order valence-corrected chi connectivity index (χ0v) is 11.9. The molecule has 110 valence electrons. The van der Waals surface area contributed by atoms with Crippen LogP contribution in [0.3, 0.4) is 0 Å². The van der Waals surface area contributed by atoms with E-state index in [1.165, 1.54) is 0 Å². The Kier molecular flexibility index (Phi) is 5.94. The minimum absolute atomic E-state index is 0.0731. The Labute approximate surface area is 125 Å². The van der Waals surface area contributed by atoms with Gasteiger partial charge in [0.2, 0.25) is 0 Å². The van der Waals surface area contributed by atoms with E-state index >= 15 is 0 Å². The van der Waals surface area contributed by atoms with E-state index in [4.69, 9.17) is 10.2 Å². The Balaban J connectivity index is 2.06. The second-order valence-electron chi connectivity index (χ2n) is 4.64. The highest BCUT2D eigenvalue weighted by molar-refractivity contribution is 5.70. The average molecular weight is 284 g/mol. The van der Waals surface area contributed by atoms with Gasteiger partial charge in [0.15, 0.2) is 0 Å². The summed E-state index contributed by atoms with van der Waals surface area (Å²) < 4.78 is 0. The van der Waals surface area contributed by atoms with Crippen molar-refractivity contribution < 1.29 is 10.2 Å². The van der Waals surface area contributed by atoms with Gasteiger partial charge in [-0.25, -0.2) is 0 Å². The van der Waals surface area contributed by atoms with Gasteiger partial charge in [0.25, 0.3) is 0 Å². The molecule has 1 aromatic carbocycles. The molecule has 0 aliphatic heterocycles. The number of pyridine rings is 1. The van der Waals surface area contributed by atoms with E-state index in [0.29, 0.717) is 13.1 Å². The molecule has 2 aromatic rings. The first-order valence-electron chi connectivity index (χ1n) is 6.98. The van der Waals surface area contributed by atoms with Crippen LogP contribution in [0.15, 0.2) is 48.8 Å². The Bertz CT molecular complexity index is 547. The number of aromatic nitrogens is 1. The van der Waals surface area contributed by atoms with Crippen molar-refractivity contribution in [1.82, 2.24) is 4.98 Å². The first kappa shape index (κ1) is 15.2. The summed E-state index contributed by atoms with van der Waals surface area (Å²) in [5, 5.41) is 18.1. The number of aliphatic hydroxyl groups excluding tert-OH is 2. The summed E-state index contributed by atoms with van der Waals surface area (Å²) in [5.41, 5.74) is 3.21. The number of aliphatic hydroxyl groups is 2. The topological polar surface area (TPSA) is 56.6 Å². The fourth-order valence-electron chi connectivity index (χ4n) is 2.07. The number of nitrogens with zero attached hydrogens (tertiary/aromatic N) is 2. The molecule has 4 heteroatoms. The molecule has 0 atom stereocenters. The van der Waals surface area contributed by atoms with E-state index in [2.05, 4.69) is 4.98 Å². The lowest BCUT2D eigenvalue weighted by Crippen LogP contribution is -2.29.